The van der Waals surface area contributed by atoms with E-state index in [1.807, 2.05) is 24.3 Å². The Morgan fingerprint density at radius 3 is 2.48 bits per heavy atom. The van der Waals surface area contributed by atoms with Gasteiger partial charge in [-0.3, -0.25) is 9.78 Å². The maximum absolute atomic E-state index is 12.5. The number of rotatable bonds is 4. The molecule has 1 aromatic carbocycles. The fraction of sp³-hybridized carbons (Fsp3) is 0.278. The fourth-order valence-corrected chi connectivity index (χ4v) is 3.98. The number of likely N-dealkylation sites (tertiary alicyclic amines) is 1. The van der Waals surface area contributed by atoms with Crippen LogP contribution in [0, 0.1) is 0 Å². The van der Waals surface area contributed by atoms with Gasteiger partial charge in [-0.25, -0.2) is 4.79 Å². The van der Waals surface area contributed by atoms with Gasteiger partial charge in [-0.1, -0.05) is 11.6 Å². The first kappa shape index (κ1) is 17.8. The van der Waals surface area contributed by atoms with Crippen LogP contribution in [0.15, 0.2) is 47.5 Å². The van der Waals surface area contributed by atoms with Gasteiger partial charge in [-0.2, -0.15) is 0 Å². The molecule has 0 saturated carbocycles. The van der Waals surface area contributed by atoms with Crippen molar-refractivity contribution in [3.8, 4) is 0 Å². The molecule has 130 valence electrons. The predicted octanol–water partition coefficient (Wildman–Crippen LogP) is 3.83. The van der Waals surface area contributed by atoms with Gasteiger partial charge in [0, 0.05) is 34.5 Å². The second-order valence-electron chi connectivity index (χ2n) is 5.80. The Labute approximate surface area is 155 Å². The molecule has 1 aliphatic heterocycles. The highest BCUT2D eigenvalue weighted by Crippen LogP contribution is 2.31. The Morgan fingerprint density at radius 2 is 1.84 bits per heavy atom. The van der Waals surface area contributed by atoms with Gasteiger partial charge in [-0.05, 0) is 49.2 Å². The largest absolute Gasteiger partial charge is 0.478 e. The summed E-state index contributed by atoms with van der Waals surface area (Å²) in [5.41, 5.74) is 0.259. The van der Waals surface area contributed by atoms with Gasteiger partial charge in [0.15, 0.2) is 0 Å². The molecule has 0 aliphatic carbocycles. The number of aromatic carboxylic acids is 1. The number of aromatic nitrogens is 1. The van der Waals surface area contributed by atoms with Gasteiger partial charge < -0.3 is 10.0 Å². The van der Waals surface area contributed by atoms with Crippen LogP contribution in [0.5, 0.6) is 0 Å². The van der Waals surface area contributed by atoms with Crippen LogP contribution in [-0.2, 0) is 0 Å². The Morgan fingerprint density at radius 1 is 1.16 bits per heavy atom. The number of carboxylic acid groups (broad SMARTS) is 1. The van der Waals surface area contributed by atoms with Crippen molar-refractivity contribution in [3.63, 3.8) is 0 Å². The van der Waals surface area contributed by atoms with Crippen LogP contribution in [-0.4, -0.2) is 45.2 Å². The van der Waals surface area contributed by atoms with Crippen molar-refractivity contribution in [3.05, 3.63) is 58.9 Å². The number of amides is 1. The van der Waals surface area contributed by atoms with E-state index in [0.717, 1.165) is 17.9 Å². The highest BCUT2D eigenvalue weighted by molar-refractivity contribution is 8.00. The Bertz CT molecular complexity index is 774. The van der Waals surface area contributed by atoms with E-state index in [9.17, 15) is 9.59 Å². The Kier molecular flexibility index (Phi) is 5.60. The zero-order valence-corrected chi connectivity index (χ0v) is 15.0. The lowest BCUT2D eigenvalue weighted by Crippen LogP contribution is -2.39. The number of hydrogen-bond acceptors (Lipinski definition) is 4. The number of hydrogen-bond donors (Lipinski definition) is 1. The predicted molar refractivity (Wildman–Crippen MR) is 97.4 cm³/mol. The number of nitrogens with zero attached hydrogens (tertiary/aromatic N) is 2. The van der Waals surface area contributed by atoms with Gasteiger partial charge >= 0.3 is 5.97 Å². The van der Waals surface area contributed by atoms with E-state index in [2.05, 4.69) is 4.98 Å². The lowest BCUT2D eigenvalue weighted by Gasteiger charge is -2.31. The van der Waals surface area contributed by atoms with Crippen LogP contribution in [0.25, 0.3) is 0 Å². The van der Waals surface area contributed by atoms with E-state index in [1.54, 1.807) is 16.7 Å². The molecule has 1 saturated heterocycles. The van der Waals surface area contributed by atoms with Crippen molar-refractivity contribution in [1.29, 1.82) is 0 Å². The molecule has 1 amide bonds. The zero-order valence-electron chi connectivity index (χ0n) is 13.4. The number of piperidine rings is 1. The second kappa shape index (κ2) is 7.89. The molecule has 1 fully saturated rings. The molecule has 2 aromatic rings. The smallest absolute Gasteiger partial charge is 0.335 e. The van der Waals surface area contributed by atoms with Crippen molar-refractivity contribution in [2.45, 2.75) is 23.0 Å². The van der Waals surface area contributed by atoms with E-state index < -0.39 is 5.97 Å². The van der Waals surface area contributed by atoms with E-state index in [0.29, 0.717) is 18.3 Å². The van der Waals surface area contributed by atoms with Crippen molar-refractivity contribution in [1.82, 2.24) is 9.88 Å². The summed E-state index contributed by atoms with van der Waals surface area (Å²) in [5.74, 6) is -1.27. The topological polar surface area (TPSA) is 70.5 Å². The van der Waals surface area contributed by atoms with Crippen LogP contribution in [0.3, 0.4) is 0 Å². The van der Waals surface area contributed by atoms with E-state index >= 15 is 0 Å². The Balaban J connectivity index is 1.58. The van der Waals surface area contributed by atoms with Crippen molar-refractivity contribution < 1.29 is 14.7 Å². The number of halogens is 1. The molecule has 0 unspecified atom stereocenters. The van der Waals surface area contributed by atoms with Crippen LogP contribution < -0.4 is 0 Å². The number of thioether (sulfide) groups is 1. The molecule has 0 spiro atoms. The summed E-state index contributed by atoms with van der Waals surface area (Å²) in [7, 11) is 0. The summed E-state index contributed by atoms with van der Waals surface area (Å²) in [4.78, 5) is 30.5. The number of benzene rings is 1. The molecule has 5 nitrogen and oxygen atoms in total. The molecule has 0 radical (unpaired) electrons. The molecule has 3 rings (SSSR count). The summed E-state index contributed by atoms with van der Waals surface area (Å²) in [6.45, 7) is 1.28. The van der Waals surface area contributed by atoms with E-state index in [4.69, 9.17) is 16.7 Å². The SMILES string of the molecule is O=C(O)c1ccnc(C(=O)N2CCC(Sc3ccc(Cl)cc3)CC2)c1. The quantitative estimate of drug-likeness (QED) is 0.878. The number of carboxylic acids is 1. The molecule has 25 heavy (non-hydrogen) atoms. The minimum atomic E-state index is -1.06. The zero-order chi connectivity index (χ0) is 17.8. The lowest BCUT2D eigenvalue weighted by atomic mass is 10.1. The molecule has 0 atom stereocenters. The molecule has 1 N–H and O–H groups in total. The molecule has 0 bridgehead atoms. The fourth-order valence-electron chi connectivity index (χ4n) is 2.72. The standard InChI is InChI=1S/C18H17ClN2O3S/c19-13-1-3-14(4-2-13)25-15-6-9-21(10-7-15)17(22)16-11-12(18(23)24)5-8-20-16/h1-5,8,11,15H,6-7,9-10H2,(H,23,24). The van der Waals surface area contributed by atoms with Crippen LogP contribution >= 0.6 is 23.4 Å². The van der Waals surface area contributed by atoms with Gasteiger partial charge in [0.05, 0.1) is 5.56 Å². The molecule has 1 aliphatic rings. The van der Waals surface area contributed by atoms with Crippen LogP contribution in [0.1, 0.15) is 33.7 Å². The summed E-state index contributed by atoms with van der Waals surface area (Å²) in [6.07, 6.45) is 3.13. The summed E-state index contributed by atoms with van der Waals surface area (Å²) >= 11 is 7.70. The van der Waals surface area contributed by atoms with Gasteiger partial charge in [0.2, 0.25) is 0 Å². The summed E-state index contributed by atoms with van der Waals surface area (Å²) in [5, 5.41) is 10.2. The molecule has 2 heterocycles. The third-order valence-electron chi connectivity index (χ3n) is 4.07. The third-order valence-corrected chi connectivity index (χ3v) is 5.67. The van der Waals surface area contributed by atoms with E-state index in [1.165, 1.54) is 23.2 Å². The maximum Gasteiger partial charge on any atom is 0.335 e. The van der Waals surface area contributed by atoms with Crippen LogP contribution in [0.4, 0.5) is 0 Å². The highest BCUT2D eigenvalue weighted by Gasteiger charge is 2.25. The number of pyridine rings is 1. The highest BCUT2D eigenvalue weighted by atomic mass is 35.5. The monoisotopic (exact) mass is 376 g/mol. The first-order valence-electron chi connectivity index (χ1n) is 7.94. The summed E-state index contributed by atoms with van der Waals surface area (Å²) in [6, 6.07) is 10.5. The molecule has 7 heteroatoms. The molecular weight excluding hydrogens is 360 g/mol. The average molecular weight is 377 g/mol. The lowest BCUT2D eigenvalue weighted by molar-refractivity contribution is 0.0696. The second-order valence-corrected chi connectivity index (χ2v) is 7.61. The summed E-state index contributed by atoms with van der Waals surface area (Å²) < 4.78 is 0. The van der Waals surface area contributed by atoms with Gasteiger partial charge in [0.1, 0.15) is 5.69 Å². The van der Waals surface area contributed by atoms with Gasteiger partial charge in [-0.15, -0.1) is 11.8 Å². The minimum absolute atomic E-state index is 0.0755. The average Bonchev–Trinajstić information content (AvgIpc) is 2.64. The first-order valence-corrected chi connectivity index (χ1v) is 9.19. The molecular formula is C18H17ClN2O3S. The first-order chi connectivity index (χ1) is 12.0. The van der Waals surface area contributed by atoms with Crippen LogP contribution in [0.2, 0.25) is 5.02 Å². The maximum atomic E-state index is 12.5. The van der Waals surface area contributed by atoms with Crippen molar-refractivity contribution in [2.75, 3.05) is 13.1 Å². The van der Waals surface area contributed by atoms with Crippen molar-refractivity contribution in [2.24, 2.45) is 0 Å². The van der Waals surface area contributed by atoms with Crippen molar-refractivity contribution >= 4 is 35.2 Å². The normalized spacial score (nSPS) is 15.2. The Hall–Kier alpha value is -2.05. The van der Waals surface area contributed by atoms with E-state index in [-0.39, 0.29) is 17.2 Å². The van der Waals surface area contributed by atoms with Gasteiger partial charge in [0.25, 0.3) is 5.91 Å². The minimum Gasteiger partial charge on any atom is -0.478 e. The number of carbonyl (C=O) groups excluding carboxylic acids is 1. The third kappa shape index (κ3) is 4.52. The number of carbonyl (C=O) groups is 2. The molecule has 1 aromatic heterocycles.